The number of aliphatic carboxylic acids is 2. The van der Waals surface area contributed by atoms with Crippen molar-refractivity contribution in [2.45, 2.75) is 42.9 Å². The number of aliphatic hydroxyl groups is 1. The molecule has 3 aliphatic rings. The highest BCUT2D eigenvalue weighted by Crippen LogP contribution is 2.47. The topological polar surface area (TPSA) is 132 Å². The fourth-order valence-corrected chi connectivity index (χ4v) is 6.45. The molecular weight excluding hydrogens is 614 g/mol. The molecule has 3 N–H and O–H groups in total. The molecule has 47 heavy (non-hydrogen) atoms. The molecule has 0 unspecified atom stereocenters. The van der Waals surface area contributed by atoms with Gasteiger partial charge in [0.25, 0.3) is 0 Å². The normalized spacial score (nSPS) is 15.4. The number of allylic oxidation sites excluding steroid dienone is 3. The number of ketones is 2. The van der Waals surface area contributed by atoms with E-state index in [4.69, 9.17) is 10.2 Å². The summed E-state index contributed by atoms with van der Waals surface area (Å²) in [5.74, 6) is -3.74. The van der Waals surface area contributed by atoms with Crippen LogP contribution in [0.25, 0.3) is 11.3 Å². The number of carbonyl (C=O) groups is 4. The Morgan fingerprint density at radius 2 is 1.21 bits per heavy atom. The van der Waals surface area contributed by atoms with Crippen molar-refractivity contribution in [1.29, 1.82) is 0 Å². The predicted octanol–water partition coefficient (Wildman–Crippen LogP) is 7.47. The zero-order valence-electron chi connectivity index (χ0n) is 26.5. The van der Waals surface area contributed by atoms with Crippen LogP contribution in [0.3, 0.4) is 0 Å². The lowest BCUT2D eigenvalue weighted by Gasteiger charge is -2.30. The minimum Gasteiger partial charge on any atom is -0.507 e. The molecule has 0 aromatic heterocycles. The lowest BCUT2D eigenvalue weighted by molar-refractivity contribution is -0.134. The third kappa shape index (κ3) is 8.84. The molecular formula is C38H37NO7S. The summed E-state index contributed by atoms with van der Waals surface area (Å²) in [4.78, 5) is 48.2. The molecule has 9 heteroatoms. The van der Waals surface area contributed by atoms with Crippen molar-refractivity contribution in [2.24, 2.45) is 0 Å². The van der Waals surface area contributed by atoms with Crippen LogP contribution in [0.15, 0.2) is 118 Å². The molecule has 8 nitrogen and oxygen atoms in total. The van der Waals surface area contributed by atoms with Gasteiger partial charge in [-0.05, 0) is 69.0 Å². The third-order valence-electron chi connectivity index (χ3n) is 7.75. The molecule has 1 fully saturated rings. The first-order chi connectivity index (χ1) is 22.5. The number of rotatable bonds is 4. The smallest absolute Gasteiger partial charge is 0.328 e. The van der Waals surface area contributed by atoms with Crippen LogP contribution in [0.4, 0.5) is 0 Å². The molecule has 3 aromatic carbocycles. The van der Waals surface area contributed by atoms with Crippen LogP contribution < -0.4 is 0 Å². The summed E-state index contributed by atoms with van der Waals surface area (Å²) in [6.07, 6.45) is 5.61. The van der Waals surface area contributed by atoms with Crippen molar-refractivity contribution in [1.82, 2.24) is 4.90 Å². The van der Waals surface area contributed by atoms with Gasteiger partial charge < -0.3 is 20.2 Å². The molecule has 0 bridgehead atoms. The van der Waals surface area contributed by atoms with Crippen molar-refractivity contribution in [3.63, 3.8) is 0 Å². The van der Waals surface area contributed by atoms with Crippen molar-refractivity contribution >= 4 is 46.6 Å². The van der Waals surface area contributed by atoms with Crippen LogP contribution >= 0.6 is 11.8 Å². The average Bonchev–Trinajstić information content (AvgIpc) is 3.06. The van der Waals surface area contributed by atoms with E-state index >= 15 is 0 Å². The predicted molar refractivity (Wildman–Crippen MR) is 184 cm³/mol. The number of carboxylic acid groups (broad SMARTS) is 2. The van der Waals surface area contributed by atoms with Crippen molar-refractivity contribution in [3.05, 3.63) is 130 Å². The van der Waals surface area contributed by atoms with Crippen molar-refractivity contribution < 1.29 is 34.5 Å². The summed E-state index contributed by atoms with van der Waals surface area (Å²) in [5.41, 5.74) is 7.94. The van der Waals surface area contributed by atoms with Gasteiger partial charge in [-0.3, -0.25) is 9.59 Å². The Labute approximate surface area is 278 Å². The van der Waals surface area contributed by atoms with E-state index < -0.39 is 23.5 Å². The number of nitrogens with zero attached hydrogens (tertiary/aromatic N) is 1. The van der Waals surface area contributed by atoms with Crippen LogP contribution in [0.5, 0.6) is 0 Å². The van der Waals surface area contributed by atoms with Crippen molar-refractivity contribution in [3.8, 4) is 0 Å². The third-order valence-corrected chi connectivity index (χ3v) is 8.90. The second-order valence-corrected chi connectivity index (χ2v) is 12.5. The van der Waals surface area contributed by atoms with Gasteiger partial charge in [-0.15, -0.1) is 0 Å². The lowest BCUT2D eigenvalue weighted by Crippen LogP contribution is -2.27. The molecule has 2 aliphatic heterocycles. The van der Waals surface area contributed by atoms with Gasteiger partial charge in [0.05, 0.1) is 0 Å². The largest absolute Gasteiger partial charge is 0.507 e. The molecule has 0 amide bonds. The average molecular weight is 652 g/mol. The van der Waals surface area contributed by atoms with Crippen LogP contribution in [-0.2, 0) is 14.4 Å². The van der Waals surface area contributed by atoms with Crippen LogP contribution in [-0.4, -0.2) is 63.9 Å². The molecule has 1 saturated heterocycles. The molecule has 2 heterocycles. The van der Waals surface area contributed by atoms with Gasteiger partial charge in [0.15, 0.2) is 0 Å². The van der Waals surface area contributed by atoms with E-state index in [2.05, 4.69) is 60.5 Å². The molecule has 0 radical (unpaired) electrons. The number of benzene rings is 3. The first-order valence-electron chi connectivity index (χ1n) is 15.1. The number of hydrogen-bond acceptors (Lipinski definition) is 7. The Balaban J connectivity index is 0.000000176. The van der Waals surface area contributed by atoms with Gasteiger partial charge in [-0.2, -0.15) is 0 Å². The Morgan fingerprint density at radius 1 is 0.745 bits per heavy atom. The summed E-state index contributed by atoms with van der Waals surface area (Å²) in [6, 6.07) is 24.4. The Morgan fingerprint density at radius 3 is 1.70 bits per heavy atom. The second kappa shape index (κ2) is 16.0. The summed E-state index contributed by atoms with van der Waals surface area (Å²) >= 11 is 1.91. The highest BCUT2D eigenvalue weighted by Gasteiger charge is 2.31. The number of Topliss-reactive ketones (excluding diaryl/α,β-unsaturated/α-hetero) is 2. The van der Waals surface area contributed by atoms with Crippen LogP contribution in [0.2, 0.25) is 0 Å². The minimum atomic E-state index is -1.26. The minimum absolute atomic E-state index is 0.0762. The molecule has 0 atom stereocenters. The van der Waals surface area contributed by atoms with Gasteiger partial charge in [0.1, 0.15) is 5.76 Å². The summed E-state index contributed by atoms with van der Waals surface area (Å²) < 4.78 is 0. The standard InChI is InChI=1S/C19H19NS.C15H14O3.C4H4O4/c1-20-12-10-14(11-13-20)19-15-6-2-4-8-17(15)21-18-9-5-3-7-16(18)19;1-9(2)7-8-12-13(16)10-5-3-4-6-11(10)14(17)15(12)18;5-3(6)1-2-4(7)8/h2-9H,10-13H2,1H3;3-7,16H,8H2,1-2H3;1-2H,(H,5,6)(H,7,8). The van der Waals surface area contributed by atoms with Crippen LogP contribution in [0, 0.1) is 0 Å². The molecule has 3 aromatic rings. The zero-order chi connectivity index (χ0) is 34.1. The first-order valence-corrected chi connectivity index (χ1v) is 15.9. The maximum Gasteiger partial charge on any atom is 0.328 e. The number of carbonyl (C=O) groups excluding carboxylic acids is 2. The SMILES string of the molecule is CC(C)=CCC1=C(O)c2ccccc2C(=O)C1=O.CN1CCC(=C2c3ccccc3Sc3ccccc32)CC1.O=C(O)C=CC(=O)O. The van der Waals surface area contributed by atoms with Gasteiger partial charge in [-0.25, -0.2) is 9.59 Å². The van der Waals surface area contributed by atoms with E-state index in [1.54, 1.807) is 29.8 Å². The molecule has 6 rings (SSSR count). The maximum atomic E-state index is 11.9. The fraction of sp³-hybridized carbons (Fsp3) is 0.211. The van der Waals surface area contributed by atoms with E-state index in [0.29, 0.717) is 17.7 Å². The van der Waals surface area contributed by atoms with E-state index in [-0.39, 0.29) is 23.3 Å². The maximum absolute atomic E-state index is 11.9. The van der Waals surface area contributed by atoms with E-state index in [1.165, 1.54) is 52.4 Å². The Bertz CT molecular complexity index is 1760. The summed E-state index contributed by atoms with van der Waals surface area (Å²) in [7, 11) is 2.22. The zero-order valence-corrected chi connectivity index (χ0v) is 27.3. The van der Waals surface area contributed by atoms with Gasteiger partial charge >= 0.3 is 11.9 Å². The number of hydrogen-bond donors (Lipinski definition) is 3. The quantitative estimate of drug-likeness (QED) is 0.117. The number of carboxylic acids is 2. The Kier molecular flexibility index (Phi) is 11.9. The number of fused-ring (bicyclic) bond motifs is 3. The van der Waals surface area contributed by atoms with E-state index in [0.717, 1.165) is 5.57 Å². The summed E-state index contributed by atoms with van der Waals surface area (Å²) in [6.45, 7) is 6.16. The molecule has 242 valence electrons. The highest BCUT2D eigenvalue weighted by atomic mass is 32.2. The monoisotopic (exact) mass is 651 g/mol. The molecule has 1 aliphatic carbocycles. The molecule has 0 saturated carbocycles. The first kappa shape index (κ1) is 34.9. The highest BCUT2D eigenvalue weighted by molar-refractivity contribution is 7.99. The van der Waals surface area contributed by atoms with Crippen molar-refractivity contribution in [2.75, 3.05) is 20.1 Å². The molecule has 0 spiro atoms. The number of piperidine rings is 1. The number of likely N-dealkylation sites (tertiary alicyclic amines) is 1. The van der Waals surface area contributed by atoms with E-state index in [9.17, 15) is 24.3 Å². The number of aliphatic hydroxyl groups excluding tert-OH is 1. The van der Waals surface area contributed by atoms with Gasteiger partial charge in [0, 0.05) is 51.7 Å². The lowest BCUT2D eigenvalue weighted by atomic mass is 9.87. The van der Waals surface area contributed by atoms with E-state index in [1.807, 2.05) is 31.7 Å². The fourth-order valence-electron chi connectivity index (χ4n) is 5.36. The Hall–Kier alpha value is -4.99. The van der Waals surface area contributed by atoms with Crippen LogP contribution in [0.1, 0.15) is 60.2 Å². The second-order valence-electron chi connectivity index (χ2n) is 11.4. The van der Waals surface area contributed by atoms with Gasteiger partial charge in [-0.1, -0.05) is 89.6 Å². The summed E-state index contributed by atoms with van der Waals surface area (Å²) in [5, 5.41) is 25.7. The van der Waals surface area contributed by atoms with Gasteiger partial charge in [0.2, 0.25) is 11.6 Å².